The van der Waals surface area contributed by atoms with Crippen molar-refractivity contribution < 1.29 is 13.7 Å². The van der Waals surface area contributed by atoms with Crippen LogP contribution < -0.4 is 15.1 Å². The SMILES string of the molecule is Cc1sc(-c2ccncc2)nc1CCN(C)c1csc(C(OP2(=O)N[C@@H](C)[C@H](C)N2)P2(=O)N(C)CCN2C)n1. The summed E-state index contributed by atoms with van der Waals surface area (Å²) < 4.78 is 37.9. The summed E-state index contributed by atoms with van der Waals surface area (Å²) in [7, 11) is -1.01. The average molecular weight is 611 g/mol. The third-order valence-electron chi connectivity index (χ3n) is 7.39. The lowest BCUT2D eigenvalue weighted by Gasteiger charge is -2.33. The fourth-order valence-electron chi connectivity index (χ4n) is 4.68. The van der Waals surface area contributed by atoms with Gasteiger partial charge in [0.25, 0.3) is 7.44 Å². The largest absolute Gasteiger partial charge is 0.359 e. The highest BCUT2D eigenvalue weighted by Gasteiger charge is 2.52. The number of anilines is 1. The number of hydrogen-bond donors (Lipinski definition) is 2. The Labute approximate surface area is 238 Å². The fourth-order valence-corrected chi connectivity index (χ4v) is 12.4. The Bertz CT molecular complexity index is 1370. The maximum Gasteiger partial charge on any atom is 0.342 e. The van der Waals surface area contributed by atoms with Gasteiger partial charge in [-0.2, -0.15) is 0 Å². The Balaban J connectivity index is 1.34. The summed E-state index contributed by atoms with van der Waals surface area (Å²) in [5, 5.41) is 9.61. The summed E-state index contributed by atoms with van der Waals surface area (Å²) in [5.74, 6) is -0.191. The predicted molar refractivity (Wildman–Crippen MR) is 159 cm³/mol. The van der Waals surface area contributed by atoms with E-state index < -0.39 is 21.0 Å². The van der Waals surface area contributed by atoms with Gasteiger partial charge < -0.3 is 4.90 Å². The van der Waals surface area contributed by atoms with E-state index in [0.717, 1.165) is 28.5 Å². The molecule has 3 atom stereocenters. The van der Waals surface area contributed by atoms with Crippen molar-refractivity contribution in [3.8, 4) is 10.6 Å². The van der Waals surface area contributed by atoms with Crippen LogP contribution in [0.2, 0.25) is 0 Å². The topological polar surface area (TPSA) is 116 Å². The minimum absolute atomic E-state index is 0.0392. The highest BCUT2D eigenvalue weighted by Crippen LogP contribution is 2.69. The molecule has 0 aromatic carbocycles. The van der Waals surface area contributed by atoms with Gasteiger partial charge in [-0.1, -0.05) is 0 Å². The molecular formula is C24H36N8O3P2S2. The van der Waals surface area contributed by atoms with Crippen molar-refractivity contribution in [3.05, 3.63) is 45.5 Å². The molecular weight excluding hydrogens is 574 g/mol. The summed E-state index contributed by atoms with van der Waals surface area (Å²) in [6.45, 7) is 7.99. The second kappa shape index (κ2) is 11.4. The third kappa shape index (κ3) is 5.80. The molecule has 212 valence electrons. The van der Waals surface area contributed by atoms with E-state index >= 15 is 0 Å². The van der Waals surface area contributed by atoms with Crippen LogP contribution >= 0.6 is 37.8 Å². The Morgan fingerprint density at radius 1 is 1.13 bits per heavy atom. The van der Waals surface area contributed by atoms with Crippen LogP contribution in [0.1, 0.15) is 35.3 Å². The van der Waals surface area contributed by atoms with E-state index in [1.165, 1.54) is 16.2 Å². The van der Waals surface area contributed by atoms with Gasteiger partial charge in [0, 0.05) is 73.4 Å². The van der Waals surface area contributed by atoms with Gasteiger partial charge in [-0.15, -0.1) is 22.7 Å². The summed E-state index contributed by atoms with van der Waals surface area (Å²) in [6.07, 6.45) is 4.32. The van der Waals surface area contributed by atoms with Crippen molar-refractivity contribution in [3.63, 3.8) is 0 Å². The molecule has 11 nitrogen and oxygen atoms in total. The van der Waals surface area contributed by atoms with Gasteiger partial charge in [-0.05, 0) is 47.0 Å². The van der Waals surface area contributed by atoms with Crippen molar-refractivity contribution in [2.45, 2.75) is 45.1 Å². The number of pyridine rings is 1. The number of nitrogens with one attached hydrogen (secondary N) is 2. The van der Waals surface area contributed by atoms with E-state index in [-0.39, 0.29) is 12.1 Å². The second-order valence-electron chi connectivity index (χ2n) is 10.2. The molecule has 2 aliphatic rings. The molecule has 0 aliphatic carbocycles. The Morgan fingerprint density at radius 3 is 2.41 bits per heavy atom. The summed E-state index contributed by atoms with van der Waals surface area (Å²) in [4.78, 5) is 17.1. The highest BCUT2D eigenvalue weighted by molar-refractivity contribution is 7.61. The number of nitrogens with zero attached hydrogens (tertiary/aromatic N) is 6. The molecule has 0 bridgehead atoms. The normalized spacial score (nSPS) is 23.8. The standard InChI is InChI=1S/C24H36N8O3P2S2/c1-16-17(2)29-37(34,28-16)35-24(36(33)31(5)13-14-32(36)6)23-27-21(15-38-23)30(4)12-9-20-18(3)39-22(26-20)19-7-10-25-11-8-19/h7-8,10-11,15-17,24H,9,12-14H2,1-6H3,(H2,28,29,34)/t16-,17-,24?/m0/s1. The Hall–Kier alpha value is -1.53. The summed E-state index contributed by atoms with van der Waals surface area (Å²) in [6, 6.07) is 3.87. The first-order valence-electron chi connectivity index (χ1n) is 12.9. The second-order valence-corrected chi connectivity index (χ2v) is 17.1. The molecule has 3 aromatic heterocycles. The highest BCUT2D eigenvalue weighted by atomic mass is 32.1. The first-order chi connectivity index (χ1) is 18.5. The lowest BCUT2D eigenvalue weighted by molar-refractivity contribution is 0.252. The summed E-state index contributed by atoms with van der Waals surface area (Å²) in [5.41, 5.74) is 2.13. The van der Waals surface area contributed by atoms with Crippen LogP contribution in [0.25, 0.3) is 10.6 Å². The predicted octanol–water partition coefficient (Wildman–Crippen LogP) is 4.81. The number of rotatable bonds is 9. The van der Waals surface area contributed by atoms with Crippen molar-refractivity contribution in [2.75, 3.05) is 45.7 Å². The first kappa shape index (κ1) is 29.0. The molecule has 0 spiro atoms. The van der Waals surface area contributed by atoms with Crippen molar-refractivity contribution in [1.29, 1.82) is 0 Å². The van der Waals surface area contributed by atoms with Crippen LogP contribution in [0, 0.1) is 6.92 Å². The van der Waals surface area contributed by atoms with Crippen molar-refractivity contribution in [2.24, 2.45) is 0 Å². The molecule has 15 heteroatoms. The van der Waals surface area contributed by atoms with Crippen LogP contribution in [0.4, 0.5) is 5.82 Å². The van der Waals surface area contributed by atoms with Gasteiger partial charge in [0.1, 0.15) is 15.8 Å². The van der Waals surface area contributed by atoms with Gasteiger partial charge in [0.15, 0.2) is 5.85 Å². The van der Waals surface area contributed by atoms with E-state index in [4.69, 9.17) is 14.5 Å². The van der Waals surface area contributed by atoms with E-state index in [2.05, 4.69) is 27.0 Å². The Morgan fingerprint density at radius 2 is 1.77 bits per heavy atom. The van der Waals surface area contributed by atoms with E-state index in [0.29, 0.717) is 24.6 Å². The first-order valence-corrected chi connectivity index (χ1v) is 17.9. The fraction of sp³-hybridized carbons (Fsp3) is 0.542. The molecule has 2 N–H and O–H groups in total. The molecule has 2 fully saturated rings. The van der Waals surface area contributed by atoms with Crippen molar-refractivity contribution in [1.82, 2.24) is 34.5 Å². The quantitative estimate of drug-likeness (QED) is 0.325. The minimum Gasteiger partial charge on any atom is -0.359 e. The number of aryl methyl sites for hydroxylation is 1. The van der Waals surface area contributed by atoms with E-state index in [1.54, 1.807) is 23.7 Å². The average Bonchev–Trinajstić information content (AvgIpc) is 3.66. The molecule has 5 rings (SSSR count). The third-order valence-corrected chi connectivity index (χ3v) is 15.0. The molecule has 0 saturated carbocycles. The lowest BCUT2D eigenvalue weighted by Crippen LogP contribution is -2.26. The molecule has 5 heterocycles. The van der Waals surface area contributed by atoms with Gasteiger partial charge in [0.05, 0.1) is 5.69 Å². The maximum absolute atomic E-state index is 14.4. The van der Waals surface area contributed by atoms with Crippen LogP contribution in [0.3, 0.4) is 0 Å². The number of hydrogen-bond acceptors (Lipinski definition) is 9. The van der Waals surface area contributed by atoms with Crippen LogP contribution in [-0.4, -0.2) is 77.2 Å². The molecule has 1 unspecified atom stereocenters. The minimum atomic E-state index is -3.43. The van der Waals surface area contributed by atoms with E-state index in [9.17, 15) is 9.13 Å². The smallest absolute Gasteiger partial charge is 0.342 e. The van der Waals surface area contributed by atoms with Gasteiger partial charge >= 0.3 is 7.67 Å². The molecule has 39 heavy (non-hydrogen) atoms. The monoisotopic (exact) mass is 610 g/mol. The molecule has 2 aliphatic heterocycles. The number of aromatic nitrogens is 3. The summed E-state index contributed by atoms with van der Waals surface area (Å²) >= 11 is 3.07. The number of thiazole rings is 2. The lowest BCUT2D eigenvalue weighted by atomic mass is 10.2. The van der Waals surface area contributed by atoms with Crippen molar-refractivity contribution >= 4 is 43.6 Å². The van der Waals surface area contributed by atoms with Gasteiger partial charge in [0.2, 0.25) is 0 Å². The molecule has 0 radical (unpaired) electrons. The molecule has 3 aromatic rings. The zero-order valence-corrected chi connectivity index (χ0v) is 26.5. The molecule has 0 amide bonds. The van der Waals surface area contributed by atoms with Gasteiger partial charge in [-0.3, -0.25) is 18.6 Å². The van der Waals surface area contributed by atoms with Crippen LogP contribution in [0.15, 0.2) is 29.9 Å². The Kier molecular flexibility index (Phi) is 8.46. The van der Waals surface area contributed by atoms with Gasteiger partial charge in [-0.25, -0.2) is 29.5 Å². The maximum atomic E-state index is 14.4. The van der Waals surface area contributed by atoms with Crippen LogP contribution in [0.5, 0.6) is 0 Å². The zero-order chi connectivity index (χ0) is 27.9. The van der Waals surface area contributed by atoms with E-state index in [1.807, 2.05) is 61.8 Å². The van der Waals surface area contributed by atoms with Crippen LogP contribution in [-0.2, 0) is 20.1 Å². The zero-order valence-electron chi connectivity index (χ0n) is 23.1. The molecule has 2 saturated heterocycles. The number of likely N-dealkylation sites (N-methyl/N-ethyl adjacent to an activating group) is 3.